The smallest absolute Gasteiger partial charge is 0.337 e. The lowest BCUT2D eigenvalue weighted by Crippen LogP contribution is -2.03. The minimum absolute atomic E-state index is 0.0251. The quantitative estimate of drug-likeness (QED) is 0.837. The van der Waals surface area contributed by atoms with Crippen molar-refractivity contribution in [3.63, 3.8) is 0 Å². The van der Waals surface area contributed by atoms with Gasteiger partial charge < -0.3 is 15.6 Å². The van der Waals surface area contributed by atoms with Crippen LogP contribution >= 0.6 is 15.9 Å². The van der Waals surface area contributed by atoms with Gasteiger partial charge in [0.2, 0.25) is 0 Å². The predicted molar refractivity (Wildman–Crippen MR) is 76.2 cm³/mol. The highest BCUT2D eigenvalue weighted by atomic mass is 79.9. The third kappa shape index (κ3) is 3.48. The molecule has 2 aromatic carbocycles. The van der Waals surface area contributed by atoms with Gasteiger partial charge in [0.05, 0.1) is 5.56 Å². The second-order valence-electron chi connectivity index (χ2n) is 4.12. The van der Waals surface area contributed by atoms with Crippen LogP contribution in [0.3, 0.4) is 0 Å². The molecular formula is C14H11BrFNO3. The number of aromatic carboxylic acids is 1. The van der Waals surface area contributed by atoms with Crippen LogP contribution in [0, 0.1) is 5.82 Å². The van der Waals surface area contributed by atoms with Gasteiger partial charge in [0.25, 0.3) is 0 Å². The second-order valence-corrected chi connectivity index (χ2v) is 5.04. The average molecular weight is 340 g/mol. The van der Waals surface area contributed by atoms with Gasteiger partial charge in [-0.1, -0.05) is 15.9 Å². The summed E-state index contributed by atoms with van der Waals surface area (Å²) in [4.78, 5) is 10.9. The van der Waals surface area contributed by atoms with E-state index >= 15 is 0 Å². The Hall–Kier alpha value is -2.08. The fourth-order valence-electron chi connectivity index (χ4n) is 1.67. The monoisotopic (exact) mass is 339 g/mol. The zero-order valence-corrected chi connectivity index (χ0v) is 11.9. The van der Waals surface area contributed by atoms with E-state index in [9.17, 15) is 9.18 Å². The lowest BCUT2D eigenvalue weighted by Gasteiger charge is -2.09. The number of nitrogens with two attached hydrogens (primary N) is 1. The summed E-state index contributed by atoms with van der Waals surface area (Å²) in [5.74, 6) is -1.14. The topological polar surface area (TPSA) is 72.5 Å². The summed E-state index contributed by atoms with van der Waals surface area (Å²) in [7, 11) is 0. The van der Waals surface area contributed by atoms with Crippen LogP contribution in [0.5, 0.6) is 5.75 Å². The molecule has 0 heterocycles. The first-order valence-electron chi connectivity index (χ1n) is 5.66. The van der Waals surface area contributed by atoms with Gasteiger partial charge in [-0.25, -0.2) is 9.18 Å². The third-order valence-corrected chi connectivity index (χ3v) is 3.04. The molecule has 0 saturated heterocycles. The molecule has 0 unspecified atom stereocenters. The Kier molecular flexibility index (Phi) is 4.24. The standard InChI is InChI=1S/C14H11BrFNO3/c15-9-3-8(4-10(16)5-9)7-20-11-1-2-13(17)12(6-11)14(18)19/h1-6H,7,17H2,(H,18,19). The molecule has 0 fully saturated rings. The zero-order chi connectivity index (χ0) is 14.7. The van der Waals surface area contributed by atoms with Gasteiger partial charge in [0, 0.05) is 10.2 Å². The molecule has 6 heteroatoms. The summed E-state index contributed by atoms with van der Waals surface area (Å²) in [6.07, 6.45) is 0. The van der Waals surface area contributed by atoms with Crippen molar-refractivity contribution < 1.29 is 19.0 Å². The van der Waals surface area contributed by atoms with Crippen molar-refractivity contribution in [3.05, 3.63) is 57.8 Å². The Bertz CT molecular complexity index is 641. The van der Waals surface area contributed by atoms with E-state index < -0.39 is 5.97 Å². The third-order valence-electron chi connectivity index (χ3n) is 2.58. The van der Waals surface area contributed by atoms with Gasteiger partial charge in [0.1, 0.15) is 18.2 Å². The number of carboxylic acid groups (broad SMARTS) is 1. The molecule has 0 aliphatic heterocycles. The van der Waals surface area contributed by atoms with Crippen molar-refractivity contribution in [2.24, 2.45) is 0 Å². The largest absolute Gasteiger partial charge is 0.489 e. The molecule has 104 valence electrons. The Morgan fingerprint density at radius 3 is 2.70 bits per heavy atom. The molecule has 20 heavy (non-hydrogen) atoms. The van der Waals surface area contributed by atoms with Gasteiger partial charge in [-0.15, -0.1) is 0 Å². The summed E-state index contributed by atoms with van der Waals surface area (Å²) < 4.78 is 19.2. The lowest BCUT2D eigenvalue weighted by molar-refractivity contribution is 0.0697. The predicted octanol–water partition coefficient (Wildman–Crippen LogP) is 3.45. The van der Waals surface area contributed by atoms with Gasteiger partial charge in [-0.05, 0) is 42.0 Å². The van der Waals surface area contributed by atoms with Gasteiger partial charge in [-0.2, -0.15) is 0 Å². The SMILES string of the molecule is Nc1ccc(OCc2cc(F)cc(Br)c2)cc1C(=O)O. The number of rotatable bonds is 4. The molecule has 3 N–H and O–H groups in total. The maximum Gasteiger partial charge on any atom is 0.337 e. The first kappa shape index (κ1) is 14.3. The van der Waals surface area contributed by atoms with E-state index in [0.29, 0.717) is 15.8 Å². The summed E-state index contributed by atoms with van der Waals surface area (Å²) in [5, 5.41) is 8.96. The highest BCUT2D eigenvalue weighted by Gasteiger charge is 2.09. The van der Waals surface area contributed by atoms with Crippen LogP contribution in [0.15, 0.2) is 40.9 Å². The molecule has 2 rings (SSSR count). The highest BCUT2D eigenvalue weighted by molar-refractivity contribution is 9.10. The number of hydrogen-bond donors (Lipinski definition) is 2. The van der Waals surface area contributed by atoms with E-state index in [1.165, 1.54) is 24.3 Å². The fraction of sp³-hybridized carbons (Fsp3) is 0.0714. The van der Waals surface area contributed by atoms with Crippen molar-refractivity contribution in [1.82, 2.24) is 0 Å². The molecule has 4 nitrogen and oxygen atoms in total. The molecule has 0 aliphatic carbocycles. The summed E-state index contributed by atoms with van der Waals surface area (Å²) in [6.45, 7) is 0.124. The Labute approximate surface area is 123 Å². The second kappa shape index (κ2) is 5.92. The first-order valence-corrected chi connectivity index (χ1v) is 6.45. The van der Waals surface area contributed by atoms with Crippen LogP contribution < -0.4 is 10.5 Å². The normalized spacial score (nSPS) is 10.3. The highest BCUT2D eigenvalue weighted by Crippen LogP contribution is 2.22. The fourth-order valence-corrected chi connectivity index (χ4v) is 2.18. The number of carboxylic acids is 1. The van der Waals surface area contributed by atoms with E-state index in [1.807, 2.05) is 0 Å². The van der Waals surface area contributed by atoms with E-state index in [0.717, 1.165) is 0 Å². The number of nitrogen functional groups attached to an aromatic ring is 1. The van der Waals surface area contributed by atoms with Gasteiger partial charge in [-0.3, -0.25) is 0 Å². The minimum Gasteiger partial charge on any atom is -0.489 e. The summed E-state index contributed by atoms with van der Waals surface area (Å²) in [5.41, 5.74) is 6.32. The van der Waals surface area contributed by atoms with Crippen LogP contribution in [-0.2, 0) is 6.61 Å². The Morgan fingerprint density at radius 2 is 2.05 bits per heavy atom. The maximum absolute atomic E-state index is 13.2. The number of ether oxygens (including phenoxy) is 1. The molecule has 0 amide bonds. The Morgan fingerprint density at radius 1 is 1.30 bits per heavy atom. The molecule has 0 saturated carbocycles. The molecule has 2 aromatic rings. The molecule has 0 aromatic heterocycles. The van der Waals surface area contributed by atoms with Gasteiger partial charge in [0.15, 0.2) is 0 Å². The van der Waals surface area contributed by atoms with Crippen LogP contribution in [0.2, 0.25) is 0 Å². The van der Waals surface area contributed by atoms with E-state index in [2.05, 4.69) is 15.9 Å². The molecule has 0 aliphatic rings. The molecule has 0 bridgehead atoms. The van der Waals surface area contributed by atoms with Crippen molar-refractivity contribution in [3.8, 4) is 5.75 Å². The van der Waals surface area contributed by atoms with Crippen LogP contribution in [0.1, 0.15) is 15.9 Å². The van der Waals surface area contributed by atoms with Gasteiger partial charge >= 0.3 is 5.97 Å². The van der Waals surface area contributed by atoms with Crippen molar-refractivity contribution in [2.45, 2.75) is 6.61 Å². The minimum atomic E-state index is -1.12. The summed E-state index contributed by atoms with van der Waals surface area (Å²) in [6, 6.07) is 8.77. The van der Waals surface area contributed by atoms with E-state index in [4.69, 9.17) is 15.6 Å². The number of hydrogen-bond acceptors (Lipinski definition) is 3. The average Bonchev–Trinajstić information content (AvgIpc) is 2.36. The van der Waals surface area contributed by atoms with E-state index in [-0.39, 0.29) is 23.7 Å². The van der Waals surface area contributed by atoms with Crippen molar-refractivity contribution in [1.29, 1.82) is 0 Å². The van der Waals surface area contributed by atoms with Crippen LogP contribution in [0.25, 0.3) is 0 Å². The van der Waals surface area contributed by atoms with Crippen molar-refractivity contribution >= 4 is 27.6 Å². The number of carbonyl (C=O) groups is 1. The summed E-state index contributed by atoms with van der Waals surface area (Å²) >= 11 is 3.19. The number of halogens is 2. The zero-order valence-electron chi connectivity index (χ0n) is 10.3. The molecule has 0 spiro atoms. The van der Waals surface area contributed by atoms with Crippen LogP contribution in [0.4, 0.5) is 10.1 Å². The number of anilines is 1. The first-order chi connectivity index (χ1) is 9.45. The lowest BCUT2D eigenvalue weighted by atomic mass is 10.1. The molecule has 0 radical (unpaired) electrons. The molecule has 0 atom stereocenters. The maximum atomic E-state index is 13.2. The van der Waals surface area contributed by atoms with Crippen molar-refractivity contribution in [2.75, 3.05) is 5.73 Å². The van der Waals surface area contributed by atoms with E-state index in [1.54, 1.807) is 12.1 Å². The number of benzene rings is 2. The molecular weight excluding hydrogens is 329 g/mol. The Balaban J connectivity index is 2.14. The van der Waals surface area contributed by atoms with Crippen LogP contribution in [-0.4, -0.2) is 11.1 Å².